The fourth-order valence-corrected chi connectivity index (χ4v) is 5.16. The number of hydrogen-bond acceptors (Lipinski definition) is 4. The summed E-state index contributed by atoms with van der Waals surface area (Å²) in [5.74, 6) is 0.867. The molecule has 1 aliphatic heterocycles. The zero-order valence-electron chi connectivity index (χ0n) is 20.3. The molecule has 2 aromatic rings. The molecular weight excluding hydrogens is 424 g/mol. The molecule has 0 aliphatic carbocycles. The summed E-state index contributed by atoms with van der Waals surface area (Å²) < 4.78 is 29.2. The summed E-state index contributed by atoms with van der Waals surface area (Å²) in [6.45, 7) is 15.6. The summed E-state index contributed by atoms with van der Waals surface area (Å²) in [4.78, 5) is 13.2. The highest BCUT2D eigenvalue weighted by Crippen LogP contribution is 2.29. The van der Waals surface area contributed by atoms with Gasteiger partial charge in [-0.05, 0) is 63.8 Å². The lowest BCUT2D eigenvalue weighted by Crippen LogP contribution is -2.37. The summed E-state index contributed by atoms with van der Waals surface area (Å²) in [7, 11) is -3.54. The average molecular weight is 461 g/mol. The Hall–Kier alpha value is -2.19. The van der Waals surface area contributed by atoms with Gasteiger partial charge in [-0.2, -0.15) is 9.40 Å². The number of amides is 1. The van der Waals surface area contributed by atoms with Crippen LogP contribution >= 0.6 is 0 Å². The number of aromatic nitrogens is 2. The van der Waals surface area contributed by atoms with Crippen molar-refractivity contribution < 1.29 is 13.2 Å². The Bertz CT molecular complexity index is 1070. The second kappa shape index (κ2) is 8.63. The fraction of sp³-hybridized carbons (Fsp3) is 0.583. The van der Waals surface area contributed by atoms with Crippen LogP contribution in [0, 0.1) is 5.92 Å². The van der Waals surface area contributed by atoms with E-state index in [9.17, 15) is 13.2 Å². The van der Waals surface area contributed by atoms with Crippen LogP contribution in [0.25, 0.3) is 0 Å². The molecular formula is C24H36N4O3S. The van der Waals surface area contributed by atoms with E-state index in [4.69, 9.17) is 5.10 Å². The predicted octanol–water partition coefficient (Wildman–Crippen LogP) is 4.61. The Morgan fingerprint density at radius 2 is 1.59 bits per heavy atom. The van der Waals surface area contributed by atoms with Crippen molar-refractivity contribution in [2.24, 2.45) is 5.92 Å². The maximum absolute atomic E-state index is 12.9. The highest BCUT2D eigenvalue weighted by atomic mass is 32.2. The van der Waals surface area contributed by atoms with Gasteiger partial charge in [-0.3, -0.25) is 4.79 Å². The molecule has 1 amide bonds. The lowest BCUT2D eigenvalue weighted by Gasteiger charge is -2.29. The largest absolute Gasteiger partial charge is 0.307 e. The fourth-order valence-electron chi connectivity index (χ4n) is 3.69. The molecule has 0 bridgehead atoms. The highest BCUT2D eigenvalue weighted by Gasteiger charge is 2.29. The number of nitrogens with one attached hydrogen (secondary N) is 1. The van der Waals surface area contributed by atoms with Crippen LogP contribution in [-0.4, -0.2) is 41.5 Å². The minimum Gasteiger partial charge on any atom is -0.307 e. The molecule has 0 spiro atoms. The van der Waals surface area contributed by atoms with Crippen molar-refractivity contribution in [3.63, 3.8) is 0 Å². The highest BCUT2D eigenvalue weighted by molar-refractivity contribution is 7.89. The van der Waals surface area contributed by atoms with Crippen LogP contribution in [-0.2, 0) is 21.0 Å². The molecule has 7 nitrogen and oxygen atoms in total. The molecule has 0 atom stereocenters. The van der Waals surface area contributed by atoms with Crippen molar-refractivity contribution in [1.82, 2.24) is 14.1 Å². The Labute approximate surface area is 192 Å². The number of sulfonamides is 1. The number of nitrogens with zero attached hydrogens (tertiary/aromatic N) is 3. The molecule has 2 heterocycles. The molecule has 1 N–H and O–H groups in total. The van der Waals surface area contributed by atoms with Crippen LogP contribution in [0.1, 0.15) is 77.4 Å². The quantitative estimate of drug-likeness (QED) is 0.722. The van der Waals surface area contributed by atoms with Crippen LogP contribution in [0.2, 0.25) is 0 Å². The first-order valence-corrected chi connectivity index (χ1v) is 12.7. The lowest BCUT2D eigenvalue weighted by atomic mass is 9.92. The topological polar surface area (TPSA) is 84.3 Å². The Morgan fingerprint density at radius 1 is 1.03 bits per heavy atom. The second-order valence-electron chi connectivity index (χ2n) is 10.8. The van der Waals surface area contributed by atoms with E-state index in [-0.39, 0.29) is 21.8 Å². The summed E-state index contributed by atoms with van der Waals surface area (Å²) in [5.41, 5.74) is 0.823. The standard InChI is InChI=1S/C24H36N4O3S/c1-17-12-14-27(15-13-17)32(30,31)19-10-8-18(9-11-19)22(29)25-21-16-20(23(2,3)4)26-28(21)24(5,6)7/h8-11,16-17H,12-15H2,1-7H3,(H,25,29). The maximum Gasteiger partial charge on any atom is 0.256 e. The third kappa shape index (κ3) is 5.23. The maximum atomic E-state index is 12.9. The van der Waals surface area contributed by atoms with Gasteiger partial charge in [0.25, 0.3) is 5.91 Å². The lowest BCUT2D eigenvalue weighted by molar-refractivity contribution is 0.102. The van der Waals surface area contributed by atoms with E-state index in [0.29, 0.717) is 30.4 Å². The molecule has 0 saturated carbocycles. The van der Waals surface area contributed by atoms with Crippen molar-refractivity contribution >= 4 is 21.7 Å². The van der Waals surface area contributed by atoms with E-state index in [2.05, 4.69) is 33.0 Å². The Kier molecular flexibility index (Phi) is 6.60. The predicted molar refractivity (Wildman–Crippen MR) is 127 cm³/mol. The molecule has 32 heavy (non-hydrogen) atoms. The van der Waals surface area contributed by atoms with E-state index < -0.39 is 10.0 Å². The summed E-state index contributed by atoms with van der Waals surface area (Å²) in [6, 6.07) is 8.07. The molecule has 3 rings (SSSR count). The normalized spacial score (nSPS) is 16.8. The van der Waals surface area contributed by atoms with Gasteiger partial charge in [0.05, 0.1) is 16.1 Å². The first kappa shape index (κ1) is 24.5. The number of rotatable bonds is 4. The molecule has 1 saturated heterocycles. The molecule has 1 aliphatic rings. The van der Waals surface area contributed by atoms with Gasteiger partial charge in [0.1, 0.15) is 5.82 Å². The zero-order chi connectivity index (χ0) is 23.9. The van der Waals surface area contributed by atoms with E-state index in [1.807, 2.05) is 31.5 Å². The minimum absolute atomic E-state index is 0.155. The van der Waals surface area contributed by atoms with Crippen LogP contribution in [0.15, 0.2) is 35.2 Å². The Morgan fingerprint density at radius 3 is 2.09 bits per heavy atom. The van der Waals surface area contributed by atoms with E-state index in [1.54, 1.807) is 12.1 Å². The molecule has 1 aromatic carbocycles. The SMILES string of the molecule is CC1CCN(S(=O)(=O)c2ccc(C(=O)Nc3cc(C(C)(C)C)nn3C(C)(C)C)cc2)CC1. The summed E-state index contributed by atoms with van der Waals surface area (Å²) in [5, 5.41) is 7.67. The van der Waals surface area contributed by atoms with Crippen molar-refractivity contribution in [3.05, 3.63) is 41.6 Å². The van der Waals surface area contributed by atoms with Crippen LogP contribution in [0.4, 0.5) is 5.82 Å². The number of carbonyl (C=O) groups excluding carboxylic acids is 1. The number of carbonyl (C=O) groups is 1. The summed E-state index contributed by atoms with van der Waals surface area (Å²) >= 11 is 0. The third-order valence-electron chi connectivity index (χ3n) is 5.85. The van der Waals surface area contributed by atoms with Crippen molar-refractivity contribution in [3.8, 4) is 0 Å². The van der Waals surface area contributed by atoms with Crippen LogP contribution in [0.3, 0.4) is 0 Å². The van der Waals surface area contributed by atoms with Gasteiger partial charge in [0, 0.05) is 30.1 Å². The van der Waals surface area contributed by atoms with Crippen LogP contribution in [0.5, 0.6) is 0 Å². The van der Waals surface area contributed by atoms with Crippen LogP contribution < -0.4 is 5.32 Å². The third-order valence-corrected chi connectivity index (χ3v) is 7.76. The van der Waals surface area contributed by atoms with Gasteiger partial charge in [-0.25, -0.2) is 13.1 Å². The molecule has 0 radical (unpaired) electrons. The van der Waals surface area contributed by atoms with Gasteiger partial charge in [0.15, 0.2) is 0 Å². The molecule has 176 valence electrons. The number of anilines is 1. The zero-order valence-corrected chi connectivity index (χ0v) is 21.1. The number of benzene rings is 1. The molecule has 0 unspecified atom stereocenters. The minimum atomic E-state index is -3.54. The van der Waals surface area contributed by atoms with Gasteiger partial charge in [-0.1, -0.05) is 27.7 Å². The van der Waals surface area contributed by atoms with Gasteiger partial charge in [0.2, 0.25) is 10.0 Å². The van der Waals surface area contributed by atoms with Gasteiger partial charge < -0.3 is 5.32 Å². The first-order chi connectivity index (χ1) is 14.7. The van der Waals surface area contributed by atoms with Crippen molar-refractivity contribution in [2.45, 2.75) is 77.2 Å². The van der Waals surface area contributed by atoms with Gasteiger partial charge in [-0.15, -0.1) is 0 Å². The van der Waals surface area contributed by atoms with E-state index in [1.165, 1.54) is 16.4 Å². The number of piperidine rings is 1. The second-order valence-corrected chi connectivity index (χ2v) is 12.8. The molecule has 8 heteroatoms. The number of hydrogen-bond donors (Lipinski definition) is 1. The molecule has 1 fully saturated rings. The van der Waals surface area contributed by atoms with Gasteiger partial charge >= 0.3 is 0 Å². The smallest absolute Gasteiger partial charge is 0.256 e. The van der Waals surface area contributed by atoms with Crippen molar-refractivity contribution in [1.29, 1.82) is 0 Å². The monoisotopic (exact) mass is 460 g/mol. The molecule has 1 aromatic heterocycles. The first-order valence-electron chi connectivity index (χ1n) is 11.2. The summed E-state index contributed by atoms with van der Waals surface area (Å²) in [6.07, 6.45) is 1.75. The average Bonchev–Trinajstić information content (AvgIpc) is 3.13. The van der Waals surface area contributed by atoms with Crippen molar-refractivity contribution in [2.75, 3.05) is 18.4 Å². The van der Waals surface area contributed by atoms with E-state index in [0.717, 1.165) is 18.5 Å². The van der Waals surface area contributed by atoms with E-state index >= 15 is 0 Å². The Balaban J connectivity index is 1.81.